The third kappa shape index (κ3) is 4.05. The van der Waals surface area contributed by atoms with Crippen molar-refractivity contribution in [3.8, 4) is 5.75 Å². The van der Waals surface area contributed by atoms with E-state index in [0.717, 1.165) is 18.2 Å². The van der Waals surface area contributed by atoms with E-state index in [1.54, 1.807) is 4.98 Å². The molecular formula is C16H14ClF2N2O9P. The Hall–Kier alpha value is -2.12. The molecule has 1 saturated heterocycles. The SMILES string of the molecule is [2H][C@@]1(n2cc(Cl)c(=O)[nH]c2=O)O[C@](F)(COP2(=O)OCc3cc(F)ccc3O2)[C@@H](O)[C@H]1O. The lowest BCUT2D eigenvalue weighted by Crippen LogP contribution is -2.43. The number of hydrogen-bond acceptors (Lipinski definition) is 9. The van der Waals surface area contributed by atoms with Crippen LogP contribution in [0.1, 0.15) is 13.1 Å². The molecule has 3 N–H and O–H groups in total. The van der Waals surface area contributed by atoms with Crippen LogP contribution in [0.4, 0.5) is 8.78 Å². The van der Waals surface area contributed by atoms with E-state index < -0.39 is 67.4 Å². The van der Waals surface area contributed by atoms with E-state index in [2.05, 4.69) is 0 Å². The van der Waals surface area contributed by atoms with Crippen LogP contribution in [-0.2, 0) is 25.0 Å². The van der Waals surface area contributed by atoms with E-state index in [1.807, 2.05) is 0 Å². The summed E-state index contributed by atoms with van der Waals surface area (Å²) in [6.07, 6.45) is -7.23. The van der Waals surface area contributed by atoms with Gasteiger partial charge in [0.1, 0.15) is 35.4 Å². The number of phosphoric acid groups is 1. The molecule has 4 rings (SSSR count). The monoisotopic (exact) mass is 483 g/mol. The fourth-order valence-corrected chi connectivity index (χ4v) is 4.23. The number of aliphatic hydroxyl groups is 2. The fraction of sp³-hybridized carbons (Fsp3) is 0.375. The number of fused-ring (bicyclic) bond motifs is 1. The Morgan fingerprint density at radius 3 is 2.94 bits per heavy atom. The summed E-state index contributed by atoms with van der Waals surface area (Å²) in [5.74, 6) is -4.03. The first-order chi connectivity index (χ1) is 14.9. The first-order valence-corrected chi connectivity index (χ1v) is 10.4. The molecule has 1 aromatic carbocycles. The second-order valence-corrected chi connectivity index (χ2v) is 8.56. The Balaban J connectivity index is 1.56. The summed E-state index contributed by atoms with van der Waals surface area (Å²) in [6, 6.07) is 3.24. The third-order valence-corrected chi connectivity index (χ3v) is 6.01. The van der Waals surface area contributed by atoms with Crippen molar-refractivity contribution in [3.05, 3.63) is 61.6 Å². The summed E-state index contributed by atoms with van der Waals surface area (Å²) in [6.45, 7) is -1.77. The summed E-state index contributed by atoms with van der Waals surface area (Å²) in [4.78, 5) is 25.2. The zero-order valence-electron chi connectivity index (χ0n) is 16.2. The minimum Gasteiger partial charge on any atom is -0.404 e. The number of nitrogens with zero attached hydrogens (tertiary/aromatic N) is 1. The maximum atomic E-state index is 15.3. The Morgan fingerprint density at radius 1 is 1.45 bits per heavy atom. The molecule has 15 heteroatoms. The molecule has 2 aliphatic heterocycles. The van der Waals surface area contributed by atoms with Gasteiger partial charge in [0, 0.05) is 11.8 Å². The van der Waals surface area contributed by atoms with Crippen LogP contribution >= 0.6 is 19.4 Å². The van der Waals surface area contributed by atoms with Crippen molar-refractivity contribution in [3.63, 3.8) is 0 Å². The van der Waals surface area contributed by atoms with Gasteiger partial charge in [-0.05, 0) is 18.2 Å². The fourth-order valence-electron chi connectivity index (χ4n) is 2.86. The second-order valence-electron chi connectivity index (χ2n) is 6.56. The molecular weight excluding hydrogens is 469 g/mol. The van der Waals surface area contributed by atoms with Crippen LogP contribution < -0.4 is 15.8 Å². The highest BCUT2D eigenvalue weighted by Crippen LogP contribution is 2.55. The molecule has 2 aliphatic rings. The zero-order valence-corrected chi connectivity index (χ0v) is 16.8. The summed E-state index contributed by atoms with van der Waals surface area (Å²) in [7, 11) is -4.47. The summed E-state index contributed by atoms with van der Waals surface area (Å²) in [5.41, 5.74) is -2.09. The average molecular weight is 484 g/mol. The average Bonchev–Trinajstić information content (AvgIpc) is 2.91. The summed E-state index contributed by atoms with van der Waals surface area (Å²) < 4.78 is 69.3. The van der Waals surface area contributed by atoms with Gasteiger partial charge in [-0.15, -0.1) is 0 Å². The number of hydrogen-bond donors (Lipinski definition) is 3. The van der Waals surface area contributed by atoms with Crippen molar-refractivity contribution in [1.29, 1.82) is 0 Å². The topological polar surface area (TPSA) is 149 Å². The van der Waals surface area contributed by atoms with Crippen molar-refractivity contribution in [2.75, 3.05) is 6.61 Å². The Labute approximate surface area is 177 Å². The lowest BCUT2D eigenvalue weighted by Gasteiger charge is -2.28. The predicted octanol–water partition coefficient (Wildman–Crippen LogP) is 0.979. The molecule has 168 valence electrons. The van der Waals surface area contributed by atoms with Gasteiger partial charge in [0.05, 0.1) is 7.98 Å². The molecule has 1 unspecified atom stereocenters. The molecule has 2 aromatic rings. The van der Waals surface area contributed by atoms with E-state index in [1.165, 1.54) is 0 Å². The van der Waals surface area contributed by atoms with Crippen LogP contribution in [-0.4, -0.2) is 44.4 Å². The molecule has 0 spiro atoms. The molecule has 0 amide bonds. The lowest BCUT2D eigenvalue weighted by molar-refractivity contribution is -0.205. The number of alkyl halides is 1. The number of halogens is 3. The number of aliphatic hydroxyl groups excluding tert-OH is 2. The molecule has 1 aromatic heterocycles. The van der Waals surface area contributed by atoms with Crippen LogP contribution in [0.25, 0.3) is 0 Å². The number of aromatic amines is 1. The molecule has 0 saturated carbocycles. The van der Waals surface area contributed by atoms with Crippen LogP contribution in [0, 0.1) is 5.82 Å². The molecule has 11 nitrogen and oxygen atoms in total. The number of benzene rings is 1. The number of ether oxygens (including phenoxy) is 1. The number of aromatic nitrogens is 2. The van der Waals surface area contributed by atoms with Crippen molar-refractivity contribution in [1.82, 2.24) is 9.55 Å². The van der Waals surface area contributed by atoms with Gasteiger partial charge < -0.3 is 19.5 Å². The Morgan fingerprint density at radius 2 is 2.19 bits per heavy atom. The molecule has 5 atom stereocenters. The predicted molar refractivity (Wildman–Crippen MR) is 97.7 cm³/mol. The van der Waals surface area contributed by atoms with Crippen molar-refractivity contribution in [2.45, 2.75) is 30.9 Å². The second kappa shape index (κ2) is 7.78. The van der Waals surface area contributed by atoms with E-state index in [0.29, 0.717) is 6.20 Å². The smallest absolute Gasteiger partial charge is 0.404 e. The maximum absolute atomic E-state index is 15.3. The molecule has 0 radical (unpaired) electrons. The van der Waals surface area contributed by atoms with Gasteiger partial charge in [0.2, 0.25) is 0 Å². The number of nitrogens with one attached hydrogen (secondary N) is 1. The van der Waals surface area contributed by atoms with Gasteiger partial charge >= 0.3 is 13.5 Å². The number of phosphoric ester groups is 1. The van der Waals surface area contributed by atoms with E-state index in [9.17, 15) is 28.8 Å². The Kier molecular flexibility index (Phi) is 5.21. The van der Waals surface area contributed by atoms with E-state index in [-0.39, 0.29) is 15.9 Å². The van der Waals surface area contributed by atoms with Crippen LogP contribution in [0.2, 0.25) is 5.02 Å². The third-order valence-electron chi connectivity index (χ3n) is 4.43. The zero-order chi connectivity index (χ0) is 23.5. The van der Waals surface area contributed by atoms with Crippen LogP contribution in [0.3, 0.4) is 0 Å². The van der Waals surface area contributed by atoms with Gasteiger partial charge in [0.15, 0.2) is 6.20 Å². The normalized spacial score (nSPS) is 35.3. The first kappa shape index (κ1) is 20.8. The molecule has 3 heterocycles. The van der Waals surface area contributed by atoms with E-state index >= 15 is 4.39 Å². The van der Waals surface area contributed by atoms with Gasteiger partial charge in [-0.3, -0.25) is 23.4 Å². The molecule has 1 fully saturated rings. The van der Waals surface area contributed by atoms with Gasteiger partial charge in [-0.2, -0.15) is 0 Å². The van der Waals surface area contributed by atoms with Crippen molar-refractivity contribution >= 4 is 19.4 Å². The van der Waals surface area contributed by atoms with E-state index in [4.69, 9.17) is 31.3 Å². The largest absolute Gasteiger partial charge is 0.530 e. The summed E-state index contributed by atoms with van der Waals surface area (Å²) in [5, 5.41) is 19.8. The molecule has 31 heavy (non-hydrogen) atoms. The number of H-pyrrole nitrogens is 1. The highest BCUT2D eigenvalue weighted by molar-refractivity contribution is 7.49. The summed E-state index contributed by atoms with van der Waals surface area (Å²) >= 11 is 5.62. The molecule has 0 bridgehead atoms. The Bertz CT molecular complexity index is 1240. The highest BCUT2D eigenvalue weighted by atomic mass is 35.5. The minimum absolute atomic E-state index is 0.0499. The first-order valence-electron chi connectivity index (χ1n) is 9.01. The maximum Gasteiger partial charge on any atom is 0.530 e. The van der Waals surface area contributed by atoms with Crippen molar-refractivity contribution < 1.29 is 43.2 Å². The molecule has 0 aliphatic carbocycles. The van der Waals surface area contributed by atoms with Crippen LogP contribution in [0.15, 0.2) is 34.0 Å². The van der Waals surface area contributed by atoms with Gasteiger partial charge in [-0.25, -0.2) is 18.1 Å². The quantitative estimate of drug-likeness (QED) is 0.541. The minimum atomic E-state index is -4.47. The lowest BCUT2D eigenvalue weighted by atomic mass is 10.1. The van der Waals surface area contributed by atoms with Crippen LogP contribution in [0.5, 0.6) is 5.75 Å². The van der Waals surface area contributed by atoms with Gasteiger partial charge in [0.25, 0.3) is 11.4 Å². The number of rotatable bonds is 4. The highest BCUT2D eigenvalue weighted by Gasteiger charge is 2.57. The van der Waals surface area contributed by atoms with Crippen molar-refractivity contribution in [2.24, 2.45) is 0 Å². The van der Waals surface area contributed by atoms with Gasteiger partial charge in [-0.1, -0.05) is 11.6 Å². The standard InChI is InChI=1S/C16H14ClF2N2O9P/c17-9-4-21(15(25)20-13(9)24)14-11(22)12(23)16(19,29-14)6-28-31(26)27-5-7-3-8(18)1-2-10(7)30-31/h1-4,11-12,14,22-23H,5-6H2,(H,20,24,25)/t11-,12+,14-,16-,31?/m1/s1/i14D.